The first-order valence-electron chi connectivity index (χ1n) is 8.00. The Morgan fingerprint density at radius 3 is 2.40 bits per heavy atom. The van der Waals surface area contributed by atoms with Crippen LogP contribution in [0.1, 0.15) is 51.0 Å². The van der Waals surface area contributed by atoms with Gasteiger partial charge in [0.25, 0.3) is 11.8 Å². The standard InChI is InChI=1S/C20H17BrN2O2/c1-3-5-10-17-13(4-2)11-16(21)18(22-17)12-23-19(24)14-8-6-7-9-15(14)20(23)25/h4-11H,2-3,12H2,1H3/b10-5-. The van der Waals surface area contributed by atoms with E-state index in [0.29, 0.717) is 16.8 Å². The van der Waals surface area contributed by atoms with Gasteiger partial charge in [-0.25, -0.2) is 4.98 Å². The molecule has 0 spiro atoms. The minimum atomic E-state index is -0.284. The maximum Gasteiger partial charge on any atom is 0.261 e. The second-order valence-electron chi connectivity index (χ2n) is 5.65. The summed E-state index contributed by atoms with van der Waals surface area (Å²) >= 11 is 3.49. The lowest BCUT2D eigenvalue weighted by molar-refractivity contribution is 0.0640. The van der Waals surface area contributed by atoms with Gasteiger partial charge in [-0.2, -0.15) is 0 Å². The number of carbonyl (C=O) groups is 2. The second kappa shape index (κ2) is 7.15. The fourth-order valence-electron chi connectivity index (χ4n) is 2.73. The van der Waals surface area contributed by atoms with Gasteiger partial charge in [-0.05, 0) is 46.6 Å². The van der Waals surface area contributed by atoms with Crippen LogP contribution in [0, 0.1) is 0 Å². The third-order valence-electron chi connectivity index (χ3n) is 4.03. The molecule has 0 aliphatic carbocycles. The number of aromatic nitrogens is 1. The first-order valence-corrected chi connectivity index (χ1v) is 8.79. The summed E-state index contributed by atoms with van der Waals surface area (Å²) in [6, 6.07) is 8.77. The van der Waals surface area contributed by atoms with Crippen molar-refractivity contribution >= 4 is 39.9 Å². The van der Waals surface area contributed by atoms with Crippen LogP contribution in [0.2, 0.25) is 0 Å². The summed E-state index contributed by atoms with van der Waals surface area (Å²) in [5.74, 6) is -0.569. The highest BCUT2D eigenvalue weighted by Crippen LogP contribution is 2.27. The van der Waals surface area contributed by atoms with Gasteiger partial charge in [0.05, 0.1) is 29.1 Å². The zero-order chi connectivity index (χ0) is 18.0. The number of amides is 2. The minimum absolute atomic E-state index is 0.122. The lowest BCUT2D eigenvalue weighted by Crippen LogP contribution is -2.29. The van der Waals surface area contributed by atoms with Crippen molar-refractivity contribution in [3.63, 3.8) is 0 Å². The van der Waals surface area contributed by atoms with Crippen molar-refractivity contribution in [2.75, 3.05) is 0 Å². The number of carbonyl (C=O) groups excluding carboxylic acids is 2. The van der Waals surface area contributed by atoms with Crippen LogP contribution >= 0.6 is 15.9 Å². The molecule has 0 unspecified atom stereocenters. The molecule has 0 radical (unpaired) electrons. The minimum Gasteiger partial charge on any atom is -0.269 e. The fourth-order valence-corrected chi connectivity index (χ4v) is 3.19. The van der Waals surface area contributed by atoms with E-state index in [2.05, 4.69) is 27.5 Å². The van der Waals surface area contributed by atoms with E-state index in [1.54, 1.807) is 30.3 Å². The lowest BCUT2D eigenvalue weighted by atomic mass is 10.1. The summed E-state index contributed by atoms with van der Waals surface area (Å²) in [6.07, 6.45) is 6.56. The number of nitrogens with zero attached hydrogens (tertiary/aromatic N) is 2. The molecule has 2 aromatic rings. The Bertz CT molecular complexity index is 868. The first kappa shape index (κ1) is 17.3. The number of pyridine rings is 1. The van der Waals surface area contributed by atoms with E-state index in [0.717, 1.165) is 22.2 Å². The Balaban J connectivity index is 1.96. The molecular formula is C20H17BrN2O2. The molecule has 2 heterocycles. The zero-order valence-corrected chi connectivity index (χ0v) is 15.4. The van der Waals surface area contributed by atoms with Crippen molar-refractivity contribution in [3.8, 4) is 0 Å². The van der Waals surface area contributed by atoms with Crippen molar-refractivity contribution in [1.82, 2.24) is 9.88 Å². The molecule has 0 fully saturated rings. The second-order valence-corrected chi connectivity index (χ2v) is 6.50. The van der Waals surface area contributed by atoms with E-state index in [9.17, 15) is 9.59 Å². The first-order chi connectivity index (χ1) is 12.1. The third-order valence-corrected chi connectivity index (χ3v) is 4.71. The van der Waals surface area contributed by atoms with E-state index >= 15 is 0 Å². The molecule has 1 aliphatic rings. The topological polar surface area (TPSA) is 50.3 Å². The van der Waals surface area contributed by atoms with E-state index < -0.39 is 0 Å². The predicted molar refractivity (Wildman–Crippen MR) is 102 cm³/mol. The Morgan fingerprint density at radius 2 is 1.84 bits per heavy atom. The van der Waals surface area contributed by atoms with Crippen LogP contribution in [-0.2, 0) is 6.54 Å². The van der Waals surface area contributed by atoms with Crippen LogP contribution < -0.4 is 0 Å². The van der Waals surface area contributed by atoms with Crippen molar-refractivity contribution in [2.24, 2.45) is 0 Å². The molecule has 3 rings (SSSR count). The van der Waals surface area contributed by atoms with Gasteiger partial charge in [-0.3, -0.25) is 14.5 Å². The molecule has 0 bridgehead atoms. The van der Waals surface area contributed by atoms with Gasteiger partial charge in [0.15, 0.2) is 0 Å². The highest BCUT2D eigenvalue weighted by molar-refractivity contribution is 9.10. The highest BCUT2D eigenvalue weighted by atomic mass is 79.9. The summed E-state index contributed by atoms with van der Waals surface area (Å²) < 4.78 is 0.743. The molecule has 2 amide bonds. The molecule has 1 aliphatic heterocycles. The van der Waals surface area contributed by atoms with Crippen LogP contribution in [0.3, 0.4) is 0 Å². The summed E-state index contributed by atoms with van der Waals surface area (Å²) in [5.41, 5.74) is 3.18. The maximum absolute atomic E-state index is 12.5. The number of hydrogen-bond acceptors (Lipinski definition) is 3. The number of rotatable bonds is 5. The summed E-state index contributed by atoms with van der Waals surface area (Å²) in [6.45, 7) is 5.98. The predicted octanol–water partition coefficient (Wildman–Crippen LogP) is 4.71. The number of imide groups is 1. The van der Waals surface area contributed by atoms with Crippen LogP contribution in [-0.4, -0.2) is 21.7 Å². The average molecular weight is 397 g/mol. The van der Waals surface area contributed by atoms with Gasteiger partial charge < -0.3 is 0 Å². The number of allylic oxidation sites excluding steroid dienone is 1. The largest absolute Gasteiger partial charge is 0.269 e. The SMILES string of the molecule is C=Cc1cc(Br)c(CN2C(=O)c3ccccc3C2=O)nc1/C=C\CC. The monoisotopic (exact) mass is 396 g/mol. The van der Waals surface area contributed by atoms with Gasteiger partial charge in [-0.15, -0.1) is 0 Å². The lowest BCUT2D eigenvalue weighted by Gasteiger charge is -2.15. The number of hydrogen-bond donors (Lipinski definition) is 0. The average Bonchev–Trinajstić information content (AvgIpc) is 2.87. The normalized spacial score (nSPS) is 13.6. The van der Waals surface area contributed by atoms with E-state index in [1.165, 1.54) is 4.90 Å². The Morgan fingerprint density at radius 1 is 1.20 bits per heavy atom. The summed E-state index contributed by atoms with van der Waals surface area (Å²) in [4.78, 5) is 30.9. The molecule has 0 saturated carbocycles. The molecule has 126 valence electrons. The molecule has 25 heavy (non-hydrogen) atoms. The fraction of sp³-hybridized carbons (Fsp3) is 0.150. The molecule has 0 N–H and O–H groups in total. The zero-order valence-electron chi connectivity index (χ0n) is 13.8. The van der Waals surface area contributed by atoms with Crippen LogP contribution in [0.15, 0.2) is 47.5 Å². The van der Waals surface area contributed by atoms with Crippen molar-refractivity contribution < 1.29 is 9.59 Å². The number of fused-ring (bicyclic) bond motifs is 1. The Kier molecular flexibility index (Phi) is 4.95. The summed E-state index contributed by atoms with van der Waals surface area (Å²) in [5, 5.41) is 0. The Labute approximate surface area is 155 Å². The summed E-state index contributed by atoms with van der Waals surface area (Å²) in [7, 11) is 0. The molecule has 1 aromatic heterocycles. The van der Waals surface area contributed by atoms with Gasteiger partial charge in [0.1, 0.15) is 0 Å². The number of halogens is 1. The van der Waals surface area contributed by atoms with Crippen molar-refractivity contribution in [2.45, 2.75) is 19.9 Å². The van der Waals surface area contributed by atoms with Gasteiger partial charge >= 0.3 is 0 Å². The molecule has 4 nitrogen and oxygen atoms in total. The van der Waals surface area contributed by atoms with E-state index in [-0.39, 0.29) is 18.4 Å². The quantitative estimate of drug-likeness (QED) is 0.687. The van der Waals surface area contributed by atoms with Crippen LogP contribution in [0.25, 0.3) is 12.2 Å². The molecule has 1 aromatic carbocycles. The van der Waals surface area contributed by atoms with Crippen LogP contribution in [0.4, 0.5) is 0 Å². The smallest absolute Gasteiger partial charge is 0.261 e. The molecule has 5 heteroatoms. The number of benzene rings is 1. The van der Waals surface area contributed by atoms with Gasteiger partial charge in [0.2, 0.25) is 0 Å². The highest BCUT2D eigenvalue weighted by Gasteiger charge is 2.35. The van der Waals surface area contributed by atoms with Crippen LogP contribution in [0.5, 0.6) is 0 Å². The third kappa shape index (κ3) is 3.20. The maximum atomic E-state index is 12.5. The molecular weight excluding hydrogens is 380 g/mol. The molecule has 0 saturated heterocycles. The van der Waals surface area contributed by atoms with E-state index in [4.69, 9.17) is 0 Å². The van der Waals surface area contributed by atoms with Gasteiger partial charge in [-0.1, -0.05) is 37.8 Å². The van der Waals surface area contributed by atoms with Crippen molar-refractivity contribution in [1.29, 1.82) is 0 Å². The van der Waals surface area contributed by atoms with Gasteiger partial charge in [0, 0.05) is 10.0 Å². The van der Waals surface area contributed by atoms with E-state index in [1.807, 2.05) is 25.1 Å². The molecule has 0 atom stereocenters. The van der Waals surface area contributed by atoms with Crippen molar-refractivity contribution in [3.05, 3.63) is 75.5 Å². The Hall–Kier alpha value is -2.53.